The highest BCUT2D eigenvalue weighted by Gasteiger charge is 2.30. The van der Waals surface area contributed by atoms with Crippen LogP contribution in [0.2, 0.25) is 0 Å². The number of aliphatic carboxylic acids is 1. The molecule has 0 bridgehead atoms. The van der Waals surface area contributed by atoms with Crippen LogP contribution in [0.5, 0.6) is 0 Å². The van der Waals surface area contributed by atoms with Crippen molar-refractivity contribution >= 4 is 36.0 Å². The van der Waals surface area contributed by atoms with Gasteiger partial charge in [0.15, 0.2) is 0 Å². The molecule has 1 saturated heterocycles. The number of hydrogen-bond acceptors (Lipinski definition) is 5. The molecule has 30 heavy (non-hydrogen) atoms. The molecular weight excluding hydrogens is 410 g/mol. The number of aromatic nitrogens is 1. The van der Waals surface area contributed by atoms with Crippen molar-refractivity contribution in [3.05, 3.63) is 24.5 Å². The number of amides is 3. The second-order valence-corrected chi connectivity index (χ2v) is 7.68. The minimum atomic E-state index is -0.999. The molecule has 9 nitrogen and oxygen atoms in total. The van der Waals surface area contributed by atoms with Gasteiger partial charge in [-0.3, -0.25) is 14.6 Å². The van der Waals surface area contributed by atoms with Crippen molar-refractivity contribution in [2.45, 2.75) is 44.7 Å². The highest BCUT2D eigenvalue weighted by molar-refractivity contribution is 5.85. The van der Waals surface area contributed by atoms with Crippen molar-refractivity contribution in [3.63, 3.8) is 0 Å². The van der Waals surface area contributed by atoms with Gasteiger partial charge < -0.3 is 25.1 Å². The number of carboxylic acid groups (broad SMARTS) is 1. The Hall–Kier alpha value is -2.55. The molecular formula is C20H30ClN5O4. The summed E-state index contributed by atoms with van der Waals surface area (Å²) in [5.74, 6) is -1.21. The van der Waals surface area contributed by atoms with Gasteiger partial charge in [-0.15, -0.1) is 12.4 Å². The number of rotatable bonds is 5. The van der Waals surface area contributed by atoms with Gasteiger partial charge in [-0.25, -0.2) is 4.79 Å². The van der Waals surface area contributed by atoms with E-state index in [0.717, 1.165) is 31.6 Å². The van der Waals surface area contributed by atoms with E-state index >= 15 is 0 Å². The summed E-state index contributed by atoms with van der Waals surface area (Å²) in [6, 6.07) is 3.90. The maximum atomic E-state index is 12.6. The van der Waals surface area contributed by atoms with E-state index in [1.54, 1.807) is 12.4 Å². The lowest BCUT2D eigenvalue weighted by Crippen LogP contribution is -2.54. The van der Waals surface area contributed by atoms with Crippen molar-refractivity contribution in [3.8, 4) is 0 Å². The number of carboxylic acids is 1. The van der Waals surface area contributed by atoms with Crippen LogP contribution in [0, 0.1) is 0 Å². The van der Waals surface area contributed by atoms with Gasteiger partial charge in [-0.05, 0) is 37.8 Å². The van der Waals surface area contributed by atoms with Gasteiger partial charge in [0.05, 0.1) is 0 Å². The lowest BCUT2D eigenvalue weighted by Gasteiger charge is -2.38. The summed E-state index contributed by atoms with van der Waals surface area (Å²) in [6.45, 7) is 4.04. The second kappa shape index (κ2) is 11.0. The molecule has 1 aromatic heterocycles. The van der Waals surface area contributed by atoms with E-state index in [4.69, 9.17) is 5.11 Å². The van der Waals surface area contributed by atoms with Crippen LogP contribution in [0.1, 0.15) is 32.6 Å². The number of anilines is 1. The van der Waals surface area contributed by atoms with Crippen LogP contribution in [-0.2, 0) is 9.59 Å². The molecule has 1 aliphatic carbocycles. The number of carbonyl (C=O) groups excluding carboxylic acids is 2. The van der Waals surface area contributed by atoms with Gasteiger partial charge in [0.1, 0.15) is 6.54 Å². The Bertz CT molecular complexity index is 719. The number of halogens is 1. The van der Waals surface area contributed by atoms with Crippen LogP contribution < -0.4 is 10.2 Å². The summed E-state index contributed by atoms with van der Waals surface area (Å²) in [6.07, 6.45) is 6.44. The lowest BCUT2D eigenvalue weighted by atomic mass is 9.90. The summed E-state index contributed by atoms with van der Waals surface area (Å²) >= 11 is 0. The van der Waals surface area contributed by atoms with Crippen LogP contribution in [0.3, 0.4) is 0 Å². The van der Waals surface area contributed by atoms with E-state index in [2.05, 4.69) is 15.2 Å². The molecule has 0 radical (unpaired) electrons. The molecule has 10 heteroatoms. The third-order valence-corrected chi connectivity index (χ3v) is 5.77. The minimum absolute atomic E-state index is 0. The first-order valence-corrected chi connectivity index (χ1v) is 10.1. The third-order valence-electron chi connectivity index (χ3n) is 5.77. The van der Waals surface area contributed by atoms with Crippen LogP contribution in [0.4, 0.5) is 10.5 Å². The van der Waals surface area contributed by atoms with Crippen LogP contribution in [0.25, 0.3) is 0 Å². The fraction of sp³-hybridized carbons (Fsp3) is 0.600. The average Bonchev–Trinajstić information content (AvgIpc) is 2.73. The smallest absolute Gasteiger partial charge is 0.323 e. The van der Waals surface area contributed by atoms with E-state index in [1.807, 2.05) is 17.0 Å². The van der Waals surface area contributed by atoms with Gasteiger partial charge in [-0.2, -0.15) is 0 Å². The molecule has 0 unspecified atom stereocenters. The number of pyridine rings is 1. The molecule has 0 atom stereocenters. The largest absolute Gasteiger partial charge is 0.480 e. The lowest BCUT2D eigenvalue weighted by molar-refractivity contribution is -0.145. The van der Waals surface area contributed by atoms with Crippen LogP contribution >= 0.6 is 12.4 Å². The monoisotopic (exact) mass is 439 g/mol. The Morgan fingerprint density at radius 1 is 1.10 bits per heavy atom. The number of piperazine rings is 1. The molecule has 3 rings (SSSR count). The number of nitrogens with zero attached hydrogens (tertiary/aromatic N) is 4. The molecule has 1 aromatic rings. The highest BCUT2D eigenvalue weighted by atomic mass is 35.5. The fourth-order valence-electron chi connectivity index (χ4n) is 4.16. The standard InChI is InChI=1S/C20H29N5O4.ClH/c1-15(26)25(14-19(27)28)18-4-2-16(3-5-18)22-20(29)24-12-10-23(11-13-24)17-6-8-21-9-7-17;/h6-9,16,18H,2-5,10-14H2,1H3,(H,22,29)(H,27,28);1H. The molecule has 166 valence electrons. The Balaban J connectivity index is 0.00000320. The molecule has 2 N–H and O–H groups in total. The maximum absolute atomic E-state index is 12.6. The first kappa shape index (κ1) is 23.7. The Labute approximate surface area is 182 Å². The Morgan fingerprint density at radius 3 is 2.23 bits per heavy atom. The fourth-order valence-corrected chi connectivity index (χ4v) is 4.16. The molecule has 1 saturated carbocycles. The summed E-state index contributed by atoms with van der Waals surface area (Å²) in [4.78, 5) is 44.9. The molecule has 0 spiro atoms. The van der Waals surface area contributed by atoms with E-state index in [1.165, 1.54) is 11.8 Å². The zero-order chi connectivity index (χ0) is 20.8. The van der Waals surface area contributed by atoms with Gasteiger partial charge in [-0.1, -0.05) is 0 Å². The van der Waals surface area contributed by atoms with Crippen molar-refractivity contribution in [1.82, 2.24) is 20.1 Å². The highest BCUT2D eigenvalue weighted by Crippen LogP contribution is 2.24. The number of urea groups is 1. The van der Waals surface area contributed by atoms with Crippen LogP contribution in [-0.4, -0.2) is 82.6 Å². The average molecular weight is 440 g/mol. The van der Waals surface area contributed by atoms with E-state index in [-0.39, 0.29) is 43.0 Å². The summed E-state index contributed by atoms with van der Waals surface area (Å²) in [5, 5.41) is 12.1. The van der Waals surface area contributed by atoms with Crippen molar-refractivity contribution in [1.29, 1.82) is 0 Å². The SMILES string of the molecule is CC(=O)N(CC(=O)O)C1CCC(NC(=O)N2CCN(c3ccncc3)CC2)CC1.Cl. The molecule has 0 aromatic carbocycles. The van der Waals surface area contributed by atoms with E-state index < -0.39 is 5.97 Å². The molecule has 3 amide bonds. The van der Waals surface area contributed by atoms with Gasteiger partial charge in [0, 0.05) is 63.3 Å². The number of nitrogens with one attached hydrogen (secondary N) is 1. The number of carbonyl (C=O) groups is 3. The summed E-state index contributed by atoms with van der Waals surface area (Å²) < 4.78 is 0. The molecule has 2 aliphatic rings. The molecule has 1 aliphatic heterocycles. The Kier molecular flexibility index (Phi) is 8.71. The van der Waals surface area contributed by atoms with Gasteiger partial charge in [0.25, 0.3) is 0 Å². The van der Waals surface area contributed by atoms with E-state index in [0.29, 0.717) is 25.9 Å². The van der Waals surface area contributed by atoms with Crippen molar-refractivity contribution in [2.24, 2.45) is 0 Å². The zero-order valence-electron chi connectivity index (χ0n) is 17.2. The first-order chi connectivity index (χ1) is 13.9. The topological polar surface area (TPSA) is 106 Å². The zero-order valence-corrected chi connectivity index (χ0v) is 18.0. The number of hydrogen-bond donors (Lipinski definition) is 2. The van der Waals surface area contributed by atoms with Crippen LogP contribution in [0.15, 0.2) is 24.5 Å². The second-order valence-electron chi connectivity index (χ2n) is 7.68. The maximum Gasteiger partial charge on any atom is 0.323 e. The predicted molar refractivity (Wildman–Crippen MR) is 115 cm³/mol. The molecule has 2 fully saturated rings. The van der Waals surface area contributed by atoms with Gasteiger partial charge in [0.2, 0.25) is 5.91 Å². The minimum Gasteiger partial charge on any atom is -0.480 e. The quantitative estimate of drug-likeness (QED) is 0.721. The normalized spacial score (nSPS) is 21.4. The summed E-state index contributed by atoms with van der Waals surface area (Å²) in [7, 11) is 0. The third kappa shape index (κ3) is 6.22. The Morgan fingerprint density at radius 2 is 1.70 bits per heavy atom. The van der Waals surface area contributed by atoms with E-state index in [9.17, 15) is 14.4 Å². The molecule has 2 heterocycles. The van der Waals surface area contributed by atoms with Crippen molar-refractivity contribution in [2.75, 3.05) is 37.6 Å². The van der Waals surface area contributed by atoms with Crippen molar-refractivity contribution < 1.29 is 19.5 Å². The van der Waals surface area contributed by atoms with Gasteiger partial charge >= 0.3 is 12.0 Å². The first-order valence-electron chi connectivity index (χ1n) is 10.1. The predicted octanol–water partition coefficient (Wildman–Crippen LogP) is 1.58. The summed E-state index contributed by atoms with van der Waals surface area (Å²) in [5.41, 5.74) is 1.12.